The first-order valence-electron chi connectivity index (χ1n) is 14.9. The largest absolute Gasteiger partial charge is 0.356 e. The SMILES string of the molecule is O=C(CCCC[C@@H]1SC[C@@H]2NC(=O)N[C@@H]21)NCCCn1cc(CN2CCCNCCNCCCNCC2)nn1.[Cu]. The molecule has 3 aliphatic rings. The van der Waals surface area contributed by atoms with Gasteiger partial charge >= 0.3 is 6.03 Å². The molecular weight excluding hydrogens is 580 g/mol. The first-order valence-corrected chi connectivity index (χ1v) is 15.9. The molecule has 3 aliphatic heterocycles. The molecule has 0 bridgehead atoms. The normalized spacial score (nSPS) is 24.8. The van der Waals surface area contributed by atoms with E-state index in [2.05, 4.69) is 47.1 Å². The number of hydrogen-bond acceptors (Lipinski definition) is 9. The van der Waals surface area contributed by atoms with Gasteiger partial charge in [-0.15, -0.1) is 5.10 Å². The second-order valence-corrected chi connectivity index (χ2v) is 12.0. The average Bonchev–Trinajstić information content (AvgIpc) is 3.63. The summed E-state index contributed by atoms with van der Waals surface area (Å²) in [6, 6.07) is 0.467. The van der Waals surface area contributed by atoms with Crippen molar-refractivity contribution in [3.05, 3.63) is 11.9 Å². The summed E-state index contributed by atoms with van der Waals surface area (Å²) < 4.78 is 1.89. The van der Waals surface area contributed by atoms with Crippen LogP contribution in [0.3, 0.4) is 0 Å². The zero-order valence-electron chi connectivity index (χ0n) is 23.6. The zero-order chi connectivity index (χ0) is 27.1. The minimum Gasteiger partial charge on any atom is -0.356 e. The van der Waals surface area contributed by atoms with E-state index in [1.807, 2.05) is 22.6 Å². The van der Waals surface area contributed by atoms with Gasteiger partial charge in [-0.3, -0.25) is 14.4 Å². The number of amides is 3. The van der Waals surface area contributed by atoms with E-state index in [1.165, 1.54) is 0 Å². The third-order valence-corrected chi connectivity index (χ3v) is 9.07. The predicted octanol–water partition coefficient (Wildman–Crippen LogP) is -0.128. The van der Waals surface area contributed by atoms with Crippen LogP contribution in [-0.2, 0) is 35.0 Å². The van der Waals surface area contributed by atoms with Crippen LogP contribution in [0.4, 0.5) is 4.79 Å². The first kappa shape index (κ1) is 33.1. The molecule has 0 aromatic carbocycles. The molecule has 4 rings (SSSR count). The van der Waals surface area contributed by atoms with Gasteiger partial charge in [0.25, 0.3) is 0 Å². The van der Waals surface area contributed by atoms with Crippen LogP contribution < -0.4 is 31.9 Å². The van der Waals surface area contributed by atoms with Gasteiger partial charge in [0, 0.05) is 86.5 Å². The molecule has 12 nitrogen and oxygen atoms in total. The van der Waals surface area contributed by atoms with Gasteiger partial charge in [0.05, 0.1) is 17.8 Å². The average molecular weight is 628 g/mol. The summed E-state index contributed by atoms with van der Waals surface area (Å²) in [5.41, 5.74) is 0.997. The molecule has 0 spiro atoms. The van der Waals surface area contributed by atoms with E-state index in [4.69, 9.17) is 0 Å². The van der Waals surface area contributed by atoms with E-state index >= 15 is 0 Å². The number of nitrogens with zero attached hydrogens (tertiary/aromatic N) is 4. The molecule has 3 fully saturated rings. The molecule has 3 atom stereocenters. The summed E-state index contributed by atoms with van der Waals surface area (Å²) in [5.74, 6) is 1.09. The van der Waals surface area contributed by atoms with Crippen LogP contribution in [0, 0.1) is 0 Å². The number of carbonyl (C=O) groups is 2. The molecule has 0 saturated carbocycles. The molecule has 0 unspecified atom stereocenters. The fraction of sp³-hybridized carbons (Fsp3) is 0.846. The Morgan fingerprint density at radius 3 is 2.65 bits per heavy atom. The summed E-state index contributed by atoms with van der Waals surface area (Å²) in [6.07, 6.45) is 8.62. The van der Waals surface area contributed by atoms with Gasteiger partial charge in [-0.05, 0) is 58.3 Å². The number of carbonyl (C=O) groups excluding carboxylic acids is 2. The van der Waals surface area contributed by atoms with Gasteiger partial charge in [-0.2, -0.15) is 11.8 Å². The van der Waals surface area contributed by atoms with E-state index in [0.717, 1.165) is 115 Å². The first-order chi connectivity index (χ1) is 19.2. The van der Waals surface area contributed by atoms with E-state index in [0.29, 0.717) is 18.2 Å². The monoisotopic (exact) mass is 627 g/mol. The van der Waals surface area contributed by atoms with Gasteiger partial charge < -0.3 is 31.9 Å². The molecule has 1 aromatic heterocycles. The third-order valence-electron chi connectivity index (χ3n) is 7.56. The summed E-state index contributed by atoms with van der Waals surface area (Å²) in [6.45, 7) is 10.4. The molecule has 231 valence electrons. The van der Waals surface area contributed by atoms with Crippen molar-refractivity contribution in [2.24, 2.45) is 0 Å². The Morgan fingerprint density at radius 1 is 1.00 bits per heavy atom. The molecule has 0 aliphatic carbocycles. The van der Waals surface area contributed by atoms with Crippen LogP contribution in [-0.4, -0.2) is 114 Å². The van der Waals surface area contributed by atoms with Gasteiger partial charge in [-0.25, -0.2) is 4.79 Å². The number of hydrogen-bond donors (Lipinski definition) is 6. The molecule has 3 saturated heterocycles. The molecule has 1 aromatic rings. The number of aromatic nitrogens is 3. The topological polar surface area (TPSA) is 140 Å². The van der Waals surface area contributed by atoms with Crippen LogP contribution in [0.1, 0.15) is 50.6 Å². The van der Waals surface area contributed by atoms with Crippen LogP contribution >= 0.6 is 11.8 Å². The maximum absolute atomic E-state index is 12.2. The van der Waals surface area contributed by atoms with Crippen molar-refractivity contribution in [3.63, 3.8) is 0 Å². The number of rotatable bonds is 11. The number of thioether (sulfide) groups is 1. The Bertz CT molecular complexity index is 864. The Labute approximate surface area is 253 Å². The number of urea groups is 1. The third kappa shape index (κ3) is 11.8. The zero-order valence-corrected chi connectivity index (χ0v) is 25.3. The maximum Gasteiger partial charge on any atom is 0.315 e. The van der Waals surface area contributed by atoms with Crippen molar-refractivity contribution >= 4 is 23.7 Å². The van der Waals surface area contributed by atoms with Gasteiger partial charge in [0.1, 0.15) is 0 Å². The molecule has 40 heavy (non-hydrogen) atoms. The minimum atomic E-state index is -0.0415. The number of nitrogens with one attached hydrogen (secondary N) is 6. The fourth-order valence-electron chi connectivity index (χ4n) is 5.41. The maximum atomic E-state index is 12.2. The Hall–Kier alpha value is -1.41. The standard InChI is InChI=1S/C26H48N10O2S.Cu/c37-24(7-2-1-6-23-25-22(20-39-23)31-26(38)32-25)30-11-5-16-36-19-21(33-34-36)18-35-15-4-10-28-13-12-27-8-3-9-29-14-17-35;/h19,22-23,25,27-29H,1-18,20H2,(H,30,37)(H2,31,32,38);/t22-,23-,25-;/m0./s1. The van der Waals surface area contributed by atoms with Crippen LogP contribution in [0.5, 0.6) is 0 Å². The van der Waals surface area contributed by atoms with E-state index in [9.17, 15) is 9.59 Å². The minimum absolute atomic E-state index is 0. The number of aryl methyl sites for hydroxylation is 1. The second kappa shape index (κ2) is 18.9. The molecule has 4 heterocycles. The number of unbranched alkanes of at least 4 members (excludes halogenated alkanes) is 1. The quantitative estimate of drug-likeness (QED) is 0.112. The Kier molecular flexibility index (Phi) is 15.6. The summed E-state index contributed by atoms with van der Waals surface area (Å²) in [4.78, 5) is 26.2. The number of fused-ring (bicyclic) bond motifs is 1. The van der Waals surface area contributed by atoms with Gasteiger partial charge in [0.15, 0.2) is 0 Å². The Balaban J connectivity index is 0.00000441. The fourth-order valence-corrected chi connectivity index (χ4v) is 6.95. The summed E-state index contributed by atoms with van der Waals surface area (Å²) in [7, 11) is 0. The van der Waals surface area contributed by atoms with Crippen molar-refractivity contribution in [1.29, 1.82) is 0 Å². The van der Waals surface area contributed by atoms with Crippen LogP contribution in [0.2, 0.25) is 0 Å². The molecule has 3 amide bonds. The van der Waals surface area contributed by atoms with Crippen LogP contribution in [0.15, 0.2) is 6.20 Å². The Morgan fingerprint density at radius 2 is 1.80 bits per heavy atom. The molecule has 14 heteroatoms. The smallest absolute Gasteiger partial charge is 0.315 e. The van der Waals surface area contributed by atoms with E-state index in [1.54, 1.807) is 0 Å². The second-order valence-electron chi connectivity index (χ2n) is 10.8. The van der Waals surface area contributed by atoms with Crippen LogP contribution in [0.25, 0.3) is 0 Å². The van der Waals surface area contributed by atoms with Crippen molar-refractivity contribution in [3.8, 4) is 0 Å². The summed E-state index contributed by atoms with van der Waals surface area (Å²) >= 11 is 1.93. The summed E-state index contributed by atoms with van der Waals surface area (Å²) in [5, 5.41) is 28.7. The van der Waals surface area contributed by atoms with Gasteiger partial charge in [0.2, 0.25) is 5.91 Å². The molecular formula is C26H48CuN10O2S. The molecule has 6 N–H and O–H groups in total. The van der Waals surface area contributed by atoms with Crippen molar-refractivity contribution in [1.82, 2.24) is 51.8 Å². The predicted molar refractivity (Wildman–Crippen MR) is 155 cm³/mol. The van der Waals surface area contributed by atoms with Crippen molar-refractivity contribution < 1.29 is 26.7 Å². The van der Waals surface area contributed by atoms with E-state index in [-0.39, 0.29) is 41.1 Å². The van der Waals surface area contributed by atoms with Crippen molar-refractivity contribution in [2.45, 2.75) is 75.4 Å². The van der Waals surface area contributed by atoms with Crippen molar-refractivity contribution in [2.75, 3.05) is 64.7 Å². The molecule has 1 radical (unpaired) electrons. The van der Waals surface area contributed by atoms with E-state index < -0.39 is 0 Å². The van der Waals surface area contributed by atoms with Gasteiger partial charge in [-0.1, -0.05) is 11.6 Å².